The zero-order valence-electron chi connectivity index (χ0n) is 10.5. The Labute approximate surface area is 122 Å². The van der Waals surface area contributed by atoms with Crippen LogP contribution in [0.2, 0.25) is 5.02 Å². The summed E-state index contributed by atoms with van der Waals surface area (Å²) in [5, 5.41) is 0.379. The molecule has 2 aromatic rings. The van der Waals surface area contributed by atoms with Gasteiger partial charge in [0.2, 0.25) is 0 Å². The number of benzene rings is 2. The highest BCUT2D eigenvalue weighted by Gasteiger charge is 2.18. The molecule has 0 aliphatic rings. The van der Waals surface area contributed by atoms with E-state index in [0.717, 1.165) is 0 Å². The molecule has 0 radical (unpaired) electrons. The van der Waals surface area contributed by atoms with Gasteiger partial charge in [0.15, 0.2) is 9.84 Å². The lowest BCUT2D eigenvalue weighted by atomic mass is 10.2. The molecule has 0 aliphatic carbocycles. The van der Waals surface area contributed by atoms with Crippen LogP contribution in [0.25, 0.3) is 0 Å². The zero-order valence-corrected chi connectivity index (χ0v) is 12.1. The Bertz CT molecular complexity index is 732. The first kappa shape index (κ1) is 14.8. The Morgan fingerprint density at radius 3 is 2.30 bits per heavy atom. The smallest absolute Gasteiger partial charge is 0.158 e. The van der Waals surface area contributed by atoms with E-state index in [1.807, 2.05) is 0 Å². The quantitative estimate of drug-likeness (QED) is 0.882. The van der Waals surface area contributed by atoms with Gasteiger partial charge < -0.3 is 5.73 Å². The first-order chi connectivity index (χ1) is 9.39. The molecule has 0 atom stereocenters. The van der Waals surface area contributed by atoms with Crippen molar-refractivity contribution in [1.82, 2.24) is 0 Å². The number of anilines is 1. The third kappa shape index (κ3) is 3.49. The maximum Gasteiger partial charge on any atom is 0.158 e. The number of rotatable bonds is 4. The number of sulfone groups is 1. The predicted octanol–water partition coefficient (Wildman–Crippen LogP) is 3.18. The van der Waals surface area contributed by atoms with Gasteiger partial charge in [0, 0.05) is 10.6 Å². The van der Waals surface area contributed by atoms with E-state index >= 15 is 0 Å². The minimum absolute atomic E-state index is 0.0598. The van der Waals surface area contributed by atoms with E-state index in [2.05, 4.69) is 0 Å². The number of nitrogen functional groups attached to an aromatic ring is 1. The van der Waals surface area contributed by atoms with Gasteiger partial charge in [0.25, 0.3) is 0 Å². The molecular formula is C14H13ClFNO2S. The summed E-state index contributed by atoms with van der Waals surface area (Å²) in [6.07, 6.45) is 0. The molecule has 2 aromatic carbocycles. The van der Waals surface area contributed by atoms with Gasteiger partial charge in [-0.3, -0.25) is 0 Å². The highest BCUT2D eigenvalue weighted by Crippen LogP contribution is 2.22. The van der Waals surface area contributed by atoms with Gasteiger partial charge in [-0.25, -0.2) is 12.8 Å². The molecule has 0 saturated heterocycles. The molecule has 0 unspecified atom stereocenters. The summed E-state index contributed by atoms with van der Waals surface area (Å²) >= 11 is 5.93. The first-order valence-electron chi connectivity index (χ1n) is 5.86. The summed E-state index contributed by atoms with van der Waals surface area (Å²) in [7, 11) is -3.53. The van der Waals surface area contributed by atoms with Crippen LogP contribution in [0.3, 0.4) is 0 Å². The van der Waals surface area contributed by atoms with Crippen LogP contribution in [0, 0.1) is 5.82 Å². The van der Waals surface area contributed by atoms with Crippen LogP contribution in [-0.2, 0) is 21.3 Å². The molecule has 2 N–H and O–H groups in total. The molecule has 106 valence electrons. The van der Waals surface area contributed by atoms with E-state index in [-0.39, 0.29) is 17.0 Å². The van der Waals surface area contributed by atoms with Gasteiger partial charge in [-0.1, -0.05) is 41.9 Å². The second-order valence-electron chi connectivity index (χ2n) is 4.44. The van der Waals surface area contributed by atoms with E-state index in [1.165, 1.54) is 18.2 Å². The molecule has 0 amide bonds. The Morgan fingerprint density at radius 1 is 1.00 bits per heavy atom. The van der Waals surface area contributed by atoms with Crippen molar-refractivity contribution >= 4 is 27.1 Å². The van der Waals surface area contributed by atoms with Crippen LogP contribution in [0.5, 0.6) is 0 Å². The van der Waals surface area contributed by atoms with Crippen molar-refractivity contribution in [2.45, 2.75) is 11.5 Å². The summed E-state index contributed by atoms with van der Waals surface area (Å²) in [4.78, 5) is 0. The van der Waals surface area contributed by atoms with E-state index in [4.69, 9.17) is 17.3 Å². The molecular weight excluding hydrogens is 301 g/mol. The van der Waals surface area contributed by atoms with Crippen molar-refractivity contribution in [2.75, 3.05) is 5.73 Å². The highest BCUT2D eigenvalue weighted by atomic mass is 35.5. The maximum absolute atomic E-state index is 13.7. The topological polar surface area (TPSA) is 60.2 Å². The average molecular weight is 314 g/mol. The van der Waals surface area contributed by atoms with Crippen LogP contribution >= 0.6 is 11.6 Å². The zero-order chi connectivity index (χ0) is 14.8. The van der Waals surface area contributed by atoms with Gasteiger partial charge in [-0.05, 0) is 17.7 Å². The fraction of sp³-hybridized carbons (Fsp3) is 0.143. The van der Waals surface area contributed by atoms with Crippen LogP contribution in [0.4, 0.5) is 10.1 Å². The SMILES string of the molecule is Nc1cccc(CS(=O)(=O)Cc2ccccc2Cl)c1F. The Balaban J connectivity index is 2.24. The number of hydrogen-bond acceptors (Lipinski definition) is 3. The standard InChI is InChI=1S/C14H13ClFNO2S/c15-12-6-2-1-4-10(12)8-20(18,19)9-11-5-3-7-13(17)14(11)16/h1-7H,8-9,17H2. The maximum atomic E-state index is 13.7. The summed E-state index contributed by atoms with van der Waals surface area (Å²) in [5.74, 6) is -1.33. The van der Waals surface area contributed by atoms with Crippen molar-refractivity contribution in [2.24, 2.45) is 0 Å². The largest absolute Gasteiger partial charge is 0.396 e. The van der Waals surface area contributed by atoms with Gasteiger partial charge in [0.05, 0.1) is 17.2 Å². The normalized spacial score (nSPS) is 11.5. The summed E-state index contributed by atoms with van der Waals surface area (Å²) in [5.41, 5.74) is 5.93. The average Bonchev–Trinajstić information content (AvgIpc) is 2.37. The van der Waals surface area contributed by atoms with Gasteiger partial charge in [-0.15, -0.1) is 0 Å². The second-order valence-corrected chi connectivity index (χ2v) is 6.92. The monoisotopic (exact) mass is 313 g/mol. The minimum Gasteiger partial charge on any atom is -0.396 e. The third-order valence-corrected chi connectivity index (χ3v) is 4.69. The van der Waals surface area contributed by atoms with Gasteiger partial charge in [-0.2, -0.15) is 0 Å². The molecule has 0 aromatic heterocycles. The van der Waals surface area contributed by atoms with Crippen LogP contribution in [-0.4, -0.2) is 8.42 Å². The number of nitrogens with two attached hydrogens (primary N) is 1. The molecule has 0 heterocycles. The van der Waals surface area contributed by atoms with E-state index in [0.29, 0.717) is 10.6 Å². The second kappa shape index (κ2) is 5.81. The molecule has 0 spiro atoms. The first-order valence-corrected chi connectivity index (χ1v) is 8.06. The van der Waals surface area contributed by atoms with Crippen molar-refractivity contribution in [3.8, 4) is 0 Å². The van der Waals surface area contributed by atoms with Crippen molar-refractivity contribution in [3.05, 3.63) is 64.4 Å². The molecule has 0 fully saturated rings. The number of hydrogen-bond donors (Lipinski definition) is 1. The minimum atomic E-state index is -3.53. The fourth-order valence-corrected chi connectivity index (χ4v) is 3.66. The Hall–Kier alpha value is -1.59. The van der Waals surface area contributed by atoms with Crippen molar-refractivity contribution in [1.29, 1.82) is 0 Å². The summed E-state index contributed by atoms with van der Waals surface area (Å²) in [6.45, 7) is 0. The van der Waals surface area contributed by atoms with Crippen molar-refractivity contribution in [3.63, 3.8) is 0 Å². The molecule has 0 aliphatic heterocycles. The molecule has 3 nitrogen and oxygen atoms in total. The van der Waals surface area contributed by atoms with Crippen molar-refractivity contribution < 1.29 is 12.8 Å². The third-order valence-electron chi connectivity index (χ3n) is 2.82. The van der Waals surface area contributed by atoms with Gasteiger partial charge >= 0.3 is 0 Å². The van der Waals surface area contributed by atoms with Gasteiger partial charge in [0.1, 0.15) is 5.82 Å². The summed E-state index contributed by atoms with van der Waals surface area (Å²) in [6, 6.07) is 11.0. The van der Waals surface area contributed by atoms with E-state index < -0.39 is 21.4 Å². The lowest BCUT2D eigenvalue weighted by Crippen LogP contribution is -2.10. The fourth-order valence-electron chi connectivity index (χ4n) is 1.85. The van der Waals surface area contributed by atoms with Crippen LogP contribution < -0.4 is 5.73 Å². The Morgan fingerprint density at radius 2 is 1.60 bits per heavy atom. The van der Waals surface area contributed by atoms with Crippen LogP contribution in [0.1, 0.15) is 11.1 Å². The molecule has 0 saturated carbocycles. The number of halogens is 2. The molecule has 6 heteroatoms. The van der Waals surface area contributed by atoms with E-state index in [1.54, 1.807) is 24.3 Å². The molecule has 0 bridgehead atoms. The molecule has 2 rings (SSSR count). The lowest BCUT2D eigenvalue weighted by molar-refractivity contribution is 0.587. The molecule has 20 heavy (non-hydrogen) atoms. The highest BCUT2D eigenvalue weighted by molar-refractivity contribution is 7.89. The Kier molecular flexibility index (Phi) is 4.30. The predicted molar refractivity (Wildman–Crippen MR) is 78.6 cm³/mol. The van der Waals surface area contributed by atoms with E-state index in [9.17, 15) is 12.8 Å². The van der Waals surface area contributed by atoms with Crippen LogP contribution in [0.15, 0.2) is 42.5 Å². The lowest BCUT2D eigenvalue weighted by Gasteiger charge is -2.08. The summed E-state index contributed by atoms with van der Waals surface area (Å²) < 4.78 is 38.0.